The second kappa shape index (κ2) is 7.43. The fourth-order valence-corrected chi connectivity index (χ4v) is 2.80. The lowest BCUT2D eigenvalue weighted by molar-refractivity contribution is 0.300. The molecule has 124 valence electrons. The minimum Gasteiger partial charge on any atom is -0.487 e. The van der Waals surface area contributed by atoms with E-state index >= 15 is 0 Å². The van der Waals surface area contributed by atoms with E-state index < -0.39 is 0 Å². The molecule has 0 aliphatic heterocycles. The molecule has 7 nitrogen and oxygen atoms in total. The third kappa shape index (κ3) is 4.01. The van der Waals surface area contributed by atoms with E-state index in [1.807, 2.05) is 24.3 Å². The van der Waals surface area contributed by atoms with E-state index in [1.54, 1.807) is 17.8 Å². The molecule has 0 atom stereocenters. The molecule has 1 aromatic carbocycles. The van der Waals surface area contributed by atoms with Crippen LogP contribution >= 0.6 is 38.5 Å². The molecule has 0 amide bonds. The van der Waals surface area contributed by atoms with Gasteiger partial charge in [-0.2, -0.15) is 0 Å². The van der Waals surface area contributed by atoms with Crippen LogP contribution in [0.15, 0.2) is 34.9 Å². The summed E-state index contributed by atoms with van der Waals surface area (Å²) in [6.45, 7) is 2.62. The molecule has 0 unspecified atom stereocenters. The van der Waals surface area contributed by atoms with Crippen LogP contribution in [0.1, 0.15) is 17.1 Å². The minimum atomic E-state index is 0.347. The Morgan fingerprint density at radius 3 is 2.75 bits per heavy atom. The van der Waals surface area contributed by atoms with Gasteiger partial charge >= 0.3 is 0 Å². The lowest BCUT2D eigenvalue weighted by atomic mass is 10.3. The normalized spacial score (nSPS) is 10.8. The van der Waals surface area contributed by atoms with Gasteiger partial charge in [-0.15, -0.1) is 5.10 Å². The van der Waals surface area contributed by atoms with Crippen molar-refractivity contribution in [2.45, 2.75) is 20.1 Å². The lowest BCUT2D eigenvalue weighted by Crippen LogP contribution is -2.09. The number of benzene rings is 1. The molecule has 2 N–H and O–H groups in total. The largest absolute Gasteiger partial charge is 0.487 e. The zero-order valence-corrected chi connectivity index (χ0v) is 16.5. The summed E-state index contributed by atoms with van der Waals surface area (Å²) < 4.78 is 9.40. The number of halogens is 2. The number of nitrogens with zero attached hydrogens (tertiary/aromatic N) is 5. The van der Waals surface area contributed by atoms with Gasteiger partial charge in [-0.1, -0.05) is 21.1 Å². The molecule has 9 heteroatoms. The first kappa shape index (κ1) is 17.1. The van der Waals surface area contributed by atoms with Gasteiger partial charge in [0.05, 0.1) is 6.54 Å². The van der Waals surface area contributed by atoms with Crippen LogP contribution in [-0.2, 0) is 13.2 Å². The average molecular weight is 501 g/mol. The van der Waals surface area contributed by atoms with Crippen molar-refractivity contribution < 1.29 is 4.74 Å². The molecule has 3 rings (SSSR count). The average Bonchev–Trinajstić information content (AvgIpc) is 2.90. The number of aryl methyl sites for hydroxylation is 1. The molecule has 0 saturated heterocycles. The van der Waals surface area contributed by atoms with E-state index in [2.05, 4.69) is 58.8 Å². The molecular formula is C15H14BrIN6O. The number of nitrogens with two attached hydrogens (primary N) is 1. The second-order valence-corrected chi connectivity index (χ2v) is 6.99. The van der Waals surface area contributed by atoms with Gasteiger partial charge in [0.25, 0.3) is 0 Å². The van der Waals surface area contributed by atoms with Gasteiger partial charge < -0.3 is 10.5 Å². The molecular weight excluding hydrogens is 487 g/mol. The van der Waals surface area contributed by atoms with Gasteiger partial charge in [0.1, 0.15) is 33.4 Å². The number of rotatable bonds is 5. The molecule has 0 bridgehead atoms. The highest BCUT2D eigenvalue weighted by atomic mass is 127. The van der Waals surface area contributed by atoms with Crippen LogP contribution in [0.5, 0.6) is 5.75 Å². The Kier molecular flexibility index (Phi) is 5.29. The van der Waals surface area contributed by atoms with Gasteiger partial charge in [-0.3, -0.25) is 0 Å². The van der Waals surface area contributed by atoms with Gasteiger partial charge in [0.2, 0.25) is 0 Å². The summed E-state index contributed by atoms with van der Waals surface area (Å²) >= 11 is 5.59. The number of hydrogen-bond acceptors (Lipinski definition) is 6. The van der Waals surface area contributed by atoms with Crippen molar-refractivity contribution in [2.75, 3.05) is 5.73 Å². The first-order chi connectivity index (χ1) is 11.5. The van der Waals surface area contributed by atoms with Crippen molar-refractivity contribution in [1.29, 1.82) is 0 Å². The molecule has 0 aliphatic rings. The van der Waals surface area contributed by atoms with Crippen molar-refractivity contribution in [3.63, 3.8) is 0 Å². The van der Waals surface area contributed by atoms with E-state index in [-0.39, 0.29) is 0 Å². The van der Waals surface area contributed by atoms with Gasteiger partial charge in [-0.25, -0.2) is 14.6 Å². The van der Waals surface area contributed by atoms with Crippen LogP contribution in [0.25, 0.3) is 0 Å². The van der Waals surface area contributed by atoms with Crippen LogP contribution in [-0.4, -0.2) is 25.0 Å². The Hall–Kier alpha value is -1.75. The first-order valence-corrected chi connectivity index (χ1v) is 8.94. The van der Waals surface area contributed by atoms with E-state index in [4.69, 9.17) is 10.5 Å². The third-order valence-electron chi connectivity index (χ3n) is 3.27. The van der Waals surface area contributed by atoms with Crippen LogP contribution < -0.4 is 10.5 Å². The van der Waals surface area contributed by atoms with Crippen LogP contribution in [0, 0.1) is 10.6 Å². The standard InChI is InChI=1S/C15H14BrIN6O/c1-9-19-6-10(15(18)20-9)7-23-14(17)13(21-22-23)8-24-12-4-2-11(16)3-5-12/h2-6H,7-8H2,1H3,(H2,18,19,20). The van der Waals surface area contributed by atoms with Crippen molar-refractivity contribution in [2.24, 2.45) is 0 Å². The Bertz CT molecular complexity index is 852. The highest BCUT2D eigenvalue weighted by Gasteiger charge is 2.13. The molecule has 0 spiro atoms. The maximum atomic E-state index is 5.93. The van der Waals surface area contributed by atoms with Crippen LogP contribution in [0.4, 0.5) is 5.82 Å². The molecule has 0 radical (unpaired) electrons. The zero-order chi connectivity index (χ0) is 17.1. The highest BCUT2D eigenvalue weighted by Crippen LogP contribution is 2.19. The van der Waals surface area contributed by atoms with E-state index in [0.717, 1.165) is 25.2 Å². The molecule has 3 aromatic rings. The smallest absolute Gasteiger partial charge is 0.135 e. The van der Waals surface area contributed by atoms with Crippen molar-refractivity contribution in [3.05, 3.63) is 55.7 Å². The first-order valence-electron chi connectivity index (χ1n) is 7.07. The Balaban J connectivity index is 1.70. The van der Waals surface area contributed by atoms with Crippen molar-refractivity contribution in [1.82, 2.24) is 25.0 Å². The fourth-order valence-electron chi connectivity index (χ4n) is 2.01. The summed E-state index contributed by atoms with van der Waals surface area (Å²) in [4.78, 5) is 8.34. The number of ether oxygens (including phenoxy) is 1. The minimum absolute atomic E-state index is 0.347. The topological polar surface area (TPSA) is 91.7 Å². The maximum Gasteiger partial charge on any atom is 0.135 e. The summed E-state index contributed by atoms with van der Waals surface area (Å²) in [5.74, 6) is 1.88. The predicted octanol–water partition coefficient (Wildman–Crippen LogP) is 2.95. The Labute approximate surface area is 160 Å². The highest BCUT2D eigenvalue weighted by molar-refractivity contribution is 14.1. The van der Waals surface area contributed by atoms with Crippen molar-refractivity contribution in [3.8, 4) is 5.75 Å². The number of nitrogen functional groups attached to an aromatic ring is 1. The number of aromatic nitrogens is 5. The predicted molar refractivity (Wildman–Crippen MR) is 101 cm³/mol. The molecule has 0 aliphatic carbocycles. The molecule has 0 saturated carbocycles. The molecule has 2 aromatic heterocycles. The summed E-state index contributed by atoms with van der Waals surface area (Å²) in [7, 11) is 0. The Morgan fingerprint density at radius 2 is 2.04 bits per heavy atom. The molecule has 0 fully saturated rings. The fraction of sp³-hybridized carbons (Fsp3) is 0.200. The van der Waals surface area contributed by atoms with E-state index in [0.29, 0.717) is 24.8 Å². The monoisotopic (exact) mass is 500 g/mol. The summed E-state index contributed by atoms with van der Waals surface area (Å²) in [6.07, 6.45) is 1.72. The van der Waals surface area contributed by atoms with Gasteiger partial charge in [0.15, 0.2) is 0 Å². The summed E-state index contributed by atoms with van der Waals surface area (Å²) in [5.41, 5.74) is 7.51. The molecule has 24 heavy (non-hydrogen) atoms. The van der Waals surface area contributed by atoms with Gasteiger partial charge in [0, 0.05) is 16.2 Å². The lowest BCUT2D eigenvalue weighted by Gasteiger charge is -2.07. The van der Waals surface area contributed by atoms with Crippen LogP contribution in [0.3, 0.4) is 0 Å². The van der Waals surface area contributed by atoms with Gasteiger partial charge in [-0.05, 0) is 53.8 Å². The zero-order valence-electron chi connectivity index (χ0n) is 12.8. The van der Waals surface area contributed by atoms with Crippen molar-refractivity contribution >= 4 is 44.3 Å². The molecule has 2 heterocycles. The second-order valence-electron chi connectivity index (χ2n) is 5.05. The van der Waals surface area contributed by atoms with E-state index in [1.165, 1.54) is 0 Å². The Morgan fingerprint density at radius 1 is 1.29 bits per heavy atom. The number of hydrogen-bond donors (Lipinski definition) is 1. The third-order valence-corrected chi connectivity index (χ3v) is 4.97. The SMILES string of the molecule is Cc1ncc(Cn2nnc(COc3ccc(Br)cc3)c2I)c(N)n1. The van der Waals surface area contributed by atoms with Crippen LogP contribution in [0.2, 0.25) is 0 Å². The quantitative estimate of drug-likeness (QED) is 0.541. The number of anilines is 1. The maximum absolute atomic E-state index is 5.93. The van der Waals surface area contributed by atoms with E-state index in [9.17, 15) is 0 Å². The summed E-state index contributed by atoms with van der Waals surface area (Å²) in [5, 5.41) is 8.34. The summed E-state index contributed by atoms with van der Waals surface area (Å²) in [6, 6.07) is 7.64.